The molecule has 0 spiro atoms. The van der Waals surface area contributed by atoms with Gasteiger partial charge in [0.1, 0.15) is 0 Å². The van der Waals surface area contributed by atoms with E-state index in [0.29, 0.717) is 35.5 Å². The highest BCUT2D eigenvalue weighted by molar-refractivity contribution is 5.66. The van der Waals surface area contributed by atoms with Crippen LogP contribution in [0.3, 0.4) is 0 Å². The van der Waals surface area contributed by atoms with Gasteiger partial charge in [-0.05, 0) is 104 Å². The molecule has 0 aromatic carbocycles. The highest BCUT2D eigenvalue weighted by Gasteiger charge is 2.62. The predicted molar refractivity (Wildman–Crippen MR) is 109 cm³/mol. The number of carboxylic acids is 1. The summed E-state index contributed by atoms with van der Waals surface area (Å²) in [7, 11) is 0. The highest BCUT2D eigenvalue weighted by Crippen LogP contribution is 2.68. The van der Waals surface area contributed by atoms with Crippen molar-refractivity contribution in [1.29, 1.82) is 0 Å². The lowest BCUT2D eigenvalue weighted by Crippen LogP contribution is -2.58. The molecule has 0 radical (unpaired) electrons. The maximum Gasteiger partial charge on any atom is 0.303 e. The molecule has 28 heavy (non-hydrogen) atoms. The average Bonchev–Trinajstić information content (AvgIpc) is 2.98. The van der Waals surface area contributed by atoms with E-state index in [1.54, 1.807) is 0 Å². The van der Waals surface area contributed by atoms with Gasteiger partial charge in [0, 0.05) is 6.42 Å². The van der Waals surface area contributed by atoms with Crippen LogP contribution < -0.4 is 0 Å². The van der Waals surface area contributed by atoms with Gasteiger partial charge in [0.15, 0.2) is 0 Å². The van der Waals surface area contributed by atoms with E-state index >= 15 is 0 Å². The van der Waals surface area contributed by atoms with Gasteiger partial charge >= 0.3 is 5.97 Å². The zero-order valence-corrected chi connectivity index (χ0v) is 17.9. The smallest absolute Gasteiger partial charge is 0.303 e. The van der Waals surface area contributed by atoms with Crippen LogP contribution in [0.2, 0.25) is 0 Å². The Morgan fingerprint density at radius 1 is 1.00 bits per heavy atom. The van der Waals surface area contributed by atoms with Crippen molar-refractivity contribution in [2.75, 3.05) is 0 Å². The third kappa shape index (κ3) is 3.14. The molecule has 4 heteroatoms. The van der Waals surface area contributed by atoms with Crippen LogP contribution in [0.1, 0.15) is 85.0 Å². The number of rotatable bonds is 4. The Bertz CT molecular complexity index is 605. The van der Waals surface area contributed by atoms with Crippen molar-refractivity contribution in [2.24, 2.45) is 46.3 Å². The van der Waals surface area contributed by atoms with Gasteiger partial charge in [-0.1, -0.05) is 20.8 Å². The van der Waals surface area contributed by atoms with E-state index in [1.807, 2.05) is 0 Å². The van der Waals surface area contributed by atoms with Crippen molar-refractivity contribution in [3.05, 3.63) is 0 Å². The molecule has 0 aromatic rings. The fourth-order valence-corrected chi connectivity index (χ4v) is 8.73. The second kappa shape index (κ2) is 7.27. The first-order chi connectivity index (χ1) is 13.2. The lowest BCUT2D eigenvalue weighted by molar-refractivity contribution is -0.174. The molecule has 0 heterocycles. The normalized spacial score (nSPS) is 51.7. The monoisotopic (exact) mass is 393 g/mol. The van der Waals surface area contributed by atoms with Crippen molar-refractivity contribution >= 4 is 5.97 Å². The van der Waals surface area contributed by atoms with Gasteiger partial charge in [-0.2, -0.15) is 0 Å². The van der Waals surface area contributed by atoms with Crippen LogP contribution in [0.4, 0.5) is 0 Å². The second-order valence-electron chi connectivity index (χ2n) is 11.4. The fourth-order valence-electron chi connectivity index (χ4n) is 8.73. The molecule has 4 aliphatic carbocycles. The average molecular weight is 394 g/mol. The summed E-state index contributed by atoms with van der Waals surface area (Å²) in [5, 5.41) is 30.5. The molecular weight excluding hydrogens is 353 g/mol. The quantitative estimate of drug-likeness (QED) is 0.616. The van der Waals surface area contributed by atoms with E-state index in [0.717, 1.165) is 32.1 Å². The molecule has 0 aromatic heterocycles. The summed E-state index contributed by atoms with van der Waals surface area (Å²) in [5.74, 6) is 2.36. The summed E-state index contributed by atoms with van der Waals surface area (Å²) in [4.78, 5) is 11.1. The summed E-state index contributed by atoms with van der Waals surface area (Å²) >= 11 is 0. The lowest BCUT2D eigenvalue weighted by atomic mass is 9.43. The Kier molecular flexibility index (Phi) is 5.36. The molecule has 0 bridgehead atoms. The first-order valence-electron chi connectivity index (χ1n) is 11.7. The van der Waals surface area contributed by atoms with Gasteiger partial charge in [-0.3, -0.25) is 4.79 Å². The van der Waals surface area contributed by atoms with Gasteiger partial charge in [0.05, 0.1) is 12.2 Å². The van der Waals surface area contributed by atoms with Crippen LogP contribution in [-0.4, -0.2) is 33.5 Å². The van der Waals surface area contributed by atoms with Crippen LogP contribution in [0.25, 0.3) is 0 Å². The van der Waals surface area contributed by atoms with E-state index in [1.165, 1.54) is 25.7 Å². The Balaban J connectivity index is 1.55. The standard InChI is InChI=1S/C24H40O4/c1-14(4-7-21(27)28)17-5-6-18-22-19(9-11-24(17,18)3)23(2)10-8-16(25)12-15(23)13-20(22)26/h14-20,22,25-26H,4-13H2,1-3H3,(H,27,28)/t14?,15-,16-,17?,18?,19?,20+,22?,23?,24?/m1/s1/i21+1. The summed E-state index contributed by atoms with van der Waals surface area (Å²) in [6, 6.07) is 0. The molecule has 4 saturated carbocycles. The number of aliphatic hydroxyl groups excluding tert-OH is 2. The van der Waals surface area contributed by atoms with Gasteiger partial charge in [-0.25, -0.2) is 0 Å². The molecule has 4 aliphatic rings. The van der Waals surface area contributed by atoms with E-state index < -0.39 is 5.97 Å². The van der Waals surface area contributed by atoms with Crippen LogP contribution in [0.15, 0.2) is 0 Å². The van der Waals surface area contributed by atoms with Crippen molar-refractivity contribution in [1.82, 2.24) is 0 Å². The van der Waals surface area contributed by atoms with Crippen molar-refractivity contribution in [2.45, 2.75) is 97.2 Å². The Morgan fingerprint density at radius 2 is 1.68 bits per heavy atom. The first-order valence-corrected chi connectivity index (χ1v) is 11.7. The summed E-state index contributed by atoms with van der Waals surface area (Å²) in [6.07, 6.45) is 9.19. The van der Waals surface area contributed by atoms with Gasteiger partial charge < -0.3 is 15.3 Å². The number of carboxylic acid groups (broad SMARTS) is 1. The molecule has 4 nitrogen and oxygen atoms in total. The molecule has 4 rings (SSSR count). The number of fused-ring (bicyclic) bond motifs is 5. The molecule has 10 atom stereocenters. The minimum atomic E-state index is -0.684. The van der Waals surface area contributed by atoms with Gasteiger partial charge in [-0.15, -0.1) is 0 Å². The topological polar surface area (TPSA) is 77.8 Å². The molecule has 0 saturated heterocycles. The van der Waals surface area contributed by atoms with E-state index in [-0.39, 0.29) is 29.5 Å². The molecule has 0 amide bonds. The lowest BCUT2D eigenvalue weighted by Gasteiger charge is -2.62. The SMILES string of the molecule is CC(CC[13C](=O)O)C1CCC2C3C(CCC12C)C1(C)CC[C@@H](O)C[C@@H]1C[C@@H]3O. The number of hydrogen-bond donors (Lipinski definition) is 3. The van der Waals surface area contributed by atoms with E-state index in [9.17, 15) is 15.0 Å². The van der Waals surface area contributed by atoms with Crippen molar-refractivity contribution in [3.63, 3.8) is 0 Å². The summed E-state index contributed by atoms with van der Waals surface area (Å²) in [5.41, 5.74) is 0.523. The highest BCUT2D eigenvalue weighted by atomic mass is 16.5. The number of hydrogen-bond acceptors (Lipinski definition) is 3. The molecule has 0 aliphatic heterocycles. The van der Waals surface area contributed by atoms with Crippen molar-refractivity contribution < 1.29 is 20.1 Å². The van der Waals surface area contributed by atoms with Crippen LogP contribution in [0.5, 0.6) is 0 Å². The molecule has 3 N–H and O–H groups in total. The Labute approximate surface area is 170 Å². The second-order valence-corrected chi connectivity index (χ2v) is 11.4. The Morgan fingerprint density at radius 3 is 2.39 bits per heavy atom. The molecule has 4 fully saturated rings. The summed E-state index contributed by atoms with van der Waals surface area (Å²) in [6.45, 7) is 7.16. The zero-order valence-electron chi connectivity index (χ0n) is 17.9. The van der Waals surface area contributed by atoms with Crippen LogP contribution in [0, 0.1) is 46.3 Å². The van der Waals surface area contributed by atoms with Gasteiger partial charge in [0.2, 0.25) is 0 Å². The number of aliphatic hydroxyl groups is 2. The fraction of sp³-hybridized carbons (Fsp3) is 0.958. The molecule has 7 unspecified atom stereocenters. The van der Waals surface area contributed by atoms with Crippen LogP contribution in [-0.2, 0) is 4.79 Å². The van der Waals surface area contributed by atoms with E-state index in [4.69, 9.17) is 5.11 Å². The largest absolute Gasteiger partial charge is 0.481 e. The minimum Gasteiger partial charge on any atom is -0.481 e. The van der Waals surface area contributed by atoms with Crippen molar-refractivity contribution in [3.8, 4) is 0 Å². The van der Waals surface area contributed by atoms with Crippen LogP contribution >= 0.6 is 0 Å². The number of aliphatic carboxylic acids is 1. The third-order valence-electron chi connectivity index (χ3n) is 10.2. The minimum absolute atomic E-state index is 0.179. The summed E-state index contributed by atoms with van der Waals surface area (Å²) < 4.78 is 0. The Hall–Kier alpha value is -0.610. The zero-order chi connectivity index (χ0) is 20.3. The maximum atomic E-state index is 11.2. The molecule has 160 valence electrons. The maximum absolute atomic E-state index is 11.2. The van der Waals surface area contributed by atoms with Gasteiger partial charge in [0.25, 0.3) is 0 Å². The molecular formula is C24H40O4. The first kappa shape index (κ1) is 20.7. The number of carbonyl (C=O) groups is 1. The predicted octanol–water partition coefficient (Wildman–Crippen LogP) is 4.48. The van der Waals surface area contributed by atoms with E-state index in [2.05, 4.69) is 20.8 Å². The third-order valence-corrected chi connectivity index (χ3v) is 10.2.